The van der Waals surface area contributed by atoms with Crippen LogP contribution < -0.4 is 20.4 Å². The van der Waals surface area contributed by atoms with Crippen molar-refractivity contribution in [1.82, 2.24) is 24.8 Å². The molecule has 1 aromatic carbocycles. The van der Waals surface area contributed by atoms with Crippen molar-refractivity contribution in [2.24, 2.45) is 0 Å². The first kappa shape index (κ1) is 31.4. The number of rotatable bonds is 15. The summed E-state index contributed by atoms with van der Waals surface area (Å²) in [5.41, 5.74) is 4.15. The largest absolute Gasteiger partial charge is 0.549 e. The SMILES string of the molecule is O=C([O-])CN(CC(=O)[O-])Cc1cccc(-c2cc(-c3ccccc3)cc(-c3cccc(CN(CC(=O)[O-])CC(=O)[O-])n3)n2)n1. The summed E-state index contributed by atoms with van der Waals surface area (Å²) in [4.78, 5) is 60.7. The lowest BCUT2D eigenvalue weighted by Crippen LogP contribution is -2.43. The van der Waals surface area contributed by atoms with Crippen molar-refractivity contribution in [3.63, 3.8) is 0 Å². The first-order chi connectivity index (χ1) is 21.0. The highest BCUT2D eigenvalue weighted by atomic mass is 16.4. The predicted molar refractivity (Wildman–Crippen MR) is 147 cm³/mol. The van der Waals surface area contributed by atoms with E-state index >= 15 is 0 Å². The average molecular weight is 596 g/mol. The maximum atomic E-state index is 11.1. The zero-order valence-corrected chi connectivity index (χ0v) is 23.3. The number of carbonyl (C=O) groups excluding carboxylic acids is 4. The van der Waals surface area contributed by atoms with Crippen LogP contribution in [0.2, 0.25) is 0 Å². The van der Waals surface area contributed by atoms with Crippen LogP contribution in [-0.4, -0.2) is 74.8 Å². The standard InChI is InChI=1S/C31H29N5O8/c37-28(38)16-35(17-29(39)40)14-22-8-4-10-24(32-22)26-12-21(20-6-2-1-3-7-20)13-27(34-26)25-11-5-9-23(33-25)15-36(18-30(41)42)19-31(43)44/h1-13H,14-19H2,(H,37,38)(H,39,40)(H,41,42)(H,43,44)/p-4. The van der Waals surface area contributed by atoms with Crippen molar-refractivity contribution in [3.05, 3.63) is 90.3 Å². The molecule has 0 saturated heterocycles. The van der Waals surface area contributed by atoms with Gasteiger partial charge < -0.3 is 39.6 Å². The van der Waals surface area contributed by atoms with Crippen molar-refractivity contribution in [1.29, 1.82) is 0 Å². The molecule has 13 heteroatoms. The molecule has 0 bridgehead atoms. The zero-order valence-electron chi connectivity index (χ0n) is 23.3. The van der Waals surface area contributed by atoms with Gasteiger partial charge in [0, 0.05) is 39.3 Å². The summed E-state index contributed by atoms with van der Waals surface area (Å²) in [6.07, 6.45) is 0. The van der Waals surface area contributed by atoms with Gasteiger partial charge in [-0.2, -0.15) is 0 Å². The van der Waals surface area contributed by atoms with E-state index in [1.54, 1.807) is 36.4 Å². The normalized spacial score (nSPS) is 11.0. The first-order valence-electron chi connectivity index (χ1n) is 13.3. The second kappa shape index (κ2) is 14.6. The Balaban J connectivity index is 1.73. The lowest BCUT2D eigenvalue weighted by molar-refractivity contribution is -0.313. The first-order valence-corrected chi connectivity index (χ1v) is 13.3. The minimum absolute atomic E-state index is 0.0984. The van der Waals surface area contributed by atoms with Crippen LogP contribution in [0.15, 0.2) is 78.9 Å². The van der Waals surface area contributed by atoms with E-state index in [1.165, 1.54) is 0 Å². The molecular formula is C31H25N5O8-4. The summed E-state index contributed by atoms with van der Waals surface area (Å²) < 4.78 is 0. The van der Waals surface area contributed by atoms with Gasteiger partial charge in [-0.25, -0.2) is 15.0 Å². The number of aromatic nitrogens is 3. The third kappa shape index (κ3) is 9.24. The number of carboxylic acid groups (broad SMARTS) is 4. The molecule has 3 heterocycles. The highest BCUT2D eigenvalue weighted by Gasteiger charge is 2.14. The summed E-state index contributed by atoms with van der Waals surface area (Å²) in [5, 5.41) is 44.5. The molecule has 0 atom stereocenters. The van der Waals surface area contributed by atoms with E-state index in [1.807, 2.05) is 42.5 Å². The van der Waals surface area contributed by atoms with Gasteiger partial charge in [-0.3, -0.25) is 9.80 Å². The van der Waals surface area contributed by atoms with E-state index in [0.29, 0.717) is 34.2 Å². The quantitative estimate of drug-likeness (QED) is 0.139. The van der Waals surface area contributed by atoms with Crippen molar-refractivity contribution in [3.8, 4) is 33.9 Å². The molecule has 13 nitrogen and oxygen atoms in total. The molecule has 44 heavy (non-hydrogen) atoms. The number of hydrogen-bond donors (Lipinski definition) is 0. The van der Waals surface area contributed by atoms with Gasteiger partial charge in [0.25, 0.3) is 0 Å². The van der Waals surface area contributed by atoms with Crippen LogP contribution in [0.5, 0.6) is 0 Å². The molecule has 0 radical (unpaired) electrons. The van der Waals surface area contributed by atoms with E-state index in [-0.39, 0.29) is 13.1 Å². The molecule has 4 aromatic rings. The summed E-state index contributed by atoms with van der Waals surface area (Å²) in [6, 6.07) is 23.1. The van der Waals surface area contributed by atoms with E-state index in [4.69, 9.17) is 4.98 Å². The third-order valence-electron chi connectivity index (χ3n) is 6.25. The van der Waals surface area contributed by atoms with Gasteiger partial charge in [0.05, 0.1) is 58.0 Å². The second-order valence-corrected chi connectivity index (χ2v) is 9.80. The maximum absolute atomic E-state index is 11.1. The van der Waals surface area contributed by atoms with Crippen molar-refractivity contribution in [2.45, 2.75) is 13.1 Å². The van der Waals surface area contributed by atoms with E-state index in [0.717, 1.165) is 20.9 Å². The molecule has 0 fully saturated rings. The molecule has 0 aliphatic heterocycles. The number of nitrogens with zero attached hydrogens (tertiary/aromatic N) is 5. The number of carboxylic acids is 4. The van der Waals surface area contributed by atoms with E-state index in [2.05, 4.69) is 9.97 Å². The Kier molecular flexibility index (Phi) is 10.4. The second-order valence-electron chi connectivity index (χ2n) is 9.80. The van der Waals surface area contributed by atoms with Gasteiger partial charge in [-0.05, 0) is 47.5 Å². The Bertz CT molecular complexity index is 1530. The molecule has 0 N–H and O–H groups in total. The fourth-order valence-corrected chi connectivity index (χ4v) is 4.53. The van der Waals surface area contributed by atoms with Crippen LogP contribution in [0.4, 0.5) is 0 Å². The Morgan fingerprint density at radius 3 is 1.27 bits per heavy atom. The number of benzene rings is 1. The number of aliphatic carboxylic acids is 4. The molecule has 4 rings (SSSR count). The lowest BCUT2D eigenvalue weighted by atomic mass is 10.0. The molecule has 3 aromatic heterocycles. The Labute approximate surface area is 251 Å². The van der Waals surface area contributed by atoms with Crippen LogP contribution >= 0.6 is 0 Å². The van der Waals surface area contributed by atoms with Crippen LogP contribution in [0, 0.1) is 0 Å². The van der Waals surface area contributed by atoms with Gasteiger partial charge in [0.1, 0.15) is 0 Å². The topological polar surface area (TPSA) is 206 Å². The Morgan fingerprint density at radius 2 is 0.886 bits per heavy atom. The summed E-state index contributed by atoms with van der Waals surface area (Å²) in [7, 11) is 0. The van der Waals surface area contributed by atoms with Crippen LogP contribution in [-0.2, 0) is 32.3 Å². The van der Waals surface area contributed by atoms with Gasteiger partial charge >= 0.3 is 0 Å². The zero-order chi connectivity index (χ0) is 31.6. The smallest absolute Gasteiger partial charge is 0.0900 e. The number of carbonyl (C=O) groups is 4. The highest BCUT2D eigenvalue weighted by molar-refractivity contribution is 5.75. The van der Waals surface area contributed by atoms with Gasteiger partial charge in [0.15, 0.2) is 0 Å². The fraction of sp³-hybridized carbons (Fsp3) is 0.194. The number of pyridine rings is 3. The molecule has 0 saturated carbocycles. The predicted octanol–water partition coefficient (Wildman–Crippen LogP) is -2.52. The molecule has 0 spiro atoms. The van der Waals surface area contributed by atoms with E-state index in [9.17, 15) is 39.6 Å². The van der Waals surface area contributed by atoms with Gasteiger partial charge in [0.2, 0.25) is 0 Å². The van der Waals surface area contributed by atoms with Gasteiger partial charge in [-0.15, -0.1) is 0 Å². The minimum atomic E-state index is -1.44. The average Bonchev–Trinajstić information content (AvgIpc) is 2.96. The monoisotopic (exact) mass is 595 g/mol. The molecule has 226 valence electrons. The van der Waals surface area contributed by atoms with Crippen LogP contribution in [0.3, 0.4) is 0 Å². The Hall–Kier alpha value is -5.53. The summed E-state index contributed by atoms with van der Waals surface area (Å²) in [6.45, 7) is -2.71. The van der Waals surface area contributed by atoms with Crippen molar-refractivity contribution in [2.75, 3.05) is 26.2 Å². The fourth-order valence-electron chi connectivity index (χ4n) is 4.53. The van der Waals surface area contributed by atoms with Crippen LogP contribution in [0.1, 0.15) is 11.4 Å². The van der Waals surface area contributed by atoms with Gasteiger partial charge in [-0.1, -0.05) is 42.5 Å². The van der Waals surface area contributed by atoms with Crippen LogP contribution in [0.25, 0.3) is 33.9 Å². The highest BCUT2D eigenvalue weighted by Crippen LogP contribution is 2.29. The molecular weight excluding hydrogens is 570 g/mol. The molecule has 0 aliphatic carbocycles. The molecule has 0 unspecified atom stereocenters. The lowest BCUT2D eigenvalue weighted by Gasteiger charge is -2.23. The third-order valence-corrected chi connectivity index (χ3v) is 6.25. The molecule has 0 amide bonds. The molecule has 0 aliphatic rings. The Morgan fingerprint density at radius 1 is 0.477 bits per heavy atom. The van der Waals surface area contributed by atoms with Crippen molar-refractivity contribution < 1.29 is 39.6 Å². The summed E-state index contributed by atoms with van der Waals surface area (Å²) >= 11 is 0. The minimum Gasteiger partial charge on any atom is -0.549 e. The van der Waals surface area contributed by atoms with E-state index < -0.39 is 50.1 Å². The maximum Gasteiger partial charge on any atom is 0.0900 e. The van der Waals surface area contributed by atoms with Crippen molar-refractivity contribution >= 4 is 23.9 Å². The number of hydrogen-bond acceptors (Lipinski definition) is 13. The summed E-state index contributed by atoms with van der Waals surface area (Å²) in [5.74, 6) is -5.77.